The number of amides is 1. The summed E-state index contributed by atoms with van der Waals surface area (Å²) in [6.45, 7) is 1.49. The molecule has 0 saturated carbocycles. The first-order chi connectivity index (χ1) is 12.1. The highest BCUT2D eigenvalue weighted by atomic mass is 16.1. The van der Waals surface area contributed by atoms with Crippen molar-refractivity contribution >= 4 is 16.7 Å². The number of hydrogen-bond donors (Lipinski definition) is 1. The molecule has 0 heterocycles. The number of benzene rings is 3. The molecule has 3 heteroatoms. The van der Waals surface area contributed by atoms with Crippen molar-refractivity contribution in [2.24, 2.45) is 0 Å². The Bertz CT molecular complexity index is 853. The highest BCUT2D eigenvalue weighted by molar-refractivity contribution is 5.85. The van der Waals surface area contributed by atoms with Gasteiger partial charge in [-0.15, -0.1) is 0 Å². The topological polar surface area (TPSA) is 32.3 Å². The minimum atomic E-state index is 0.0487. The van der Waals surface area contributed by atoms with Crippen molar-refractivity contribution in [3.63, 3.8) is 0 Å². The number of carbonyl (C=O) groups is 1. The zero-order valence-corrected chi connectivity index (χ0v) is 14.8. The van der Waals surface area contributed by atoms with Gasteiger partial charge >= 0.3 is 0 Å². The first kappa shape index (κ1) is 17.2. The van der Waals surface area contributed by atoms with E-state index in [0.29, 0.717) is 13.0 Å². The molecule has 3 aromatic carbocycles. The van der Waals surface area contributed by atoms with Crippen LogP contribution in [0.4, 0.5) is 0 Å². The average molecular weight is 332 g/mol. The van der Waals surface area contributed by atoms with Crippen LogP contribution in [0.15, 0.2) is 66.7 Å². The lowest BCUT2D eigenvalue weighted by Gasteiger charge is -2.10. The third-order valence-electron chi connectivity index (χ3n) is 4.19. The average Bonchev–Trinajstić information content (AvgIpc) is 2.60. The molecular formula is C22H24N2O. The Labute approximate surface area is 149 Å². The number of hydrogen-bond acceptors (Lipinski definition) is 2. The standard InChI is InChI=1S/C22H24N2O/c1-24(2)16-18-9-7-17(8-10-18)15-23-22(25)14-19-11-12-20-5-3-4-6-21(20)13-19/h3-13H,14-16H2,1-2H3,(H,23,25). The molecule has 0 spiro atoms. The molecule has 0 aliphatic rings. The maximum Gasteiger partial charge on any atom is 0.224 e. The van der Waals surface area contributed by atoms with Gasteiger partial charge in [0, 0.05) is 13.1 Å². The van der Waals surface area contributed by atoms with E-state index in [-0.39, 0.29) is 5.91 Å². The van der Waals surface area contributed by atoms with Gasteiger partial charge in [0.25, 0.3) is 0 Å². The maximum absolute atomic E-state index is 12.2. The van der Waals surface area contributed by atoms with Gasteiger partial charge in [-0.2, -0.15) is 0 Å². The minimum absolute atomic E-state index is 0.0487. The molecule has 3 nitrogen and oxygen atoms in total. The van der Waals surface area contributed by atoms with Gasteiger partial charge in [-0.05, 0) is 41.6 Å². The van der Waals surface area contributed by atoms with E-state index in [4.69, 9.17) is 0 Å². The van der Waals surface area contributed by atoms with Gasteiger partial charge in [-0.25, -0.2) is 0 Å². The lowest BCUT2D eigenvalue weighted by atomic mass is 10.0. The predicted molar refractivity (Wildman–Crippen MR) is 103 cm³/mol. The third-order valence-corrected chi connectivity index (χ3v) is 4.19. The van der Waals surface area contributed by atoms with Gasteiger partial charge in [-0.1, -0.05) is 66.7 Å². The Morgan fingerprint density at radius 1 is 0.840 bits per heavy atom. The van der Waals surface area contributed by atoms with Crippen LogP contribution in [0, 0.1) is 0 Å². The molecule has 1 N–H and O–H groups in total. The summed E-state index contributed by atoms with van der Waals surface area (Å²) in [5.41, 5.74) is 3.43. The fourth-order valence-electron chi connectivity index (χ4n) is 2.92. The second-order valence-electron chi connectivity index (χ2n) is 6.69. The van der Waals surface area contributed by atoms with Crippen molar-refractivity contribution in [2.45, 2.75) is 19.5 Å². The summed E-state index contributed by atoms with van der Waals surface area (Å²) in [7, 11) is 4.11. The lowest BCUT2D eigenvalue weighted by Crippen LogP contribution is -2.24. The maximum atomic E-state index is 12.2. The van der Waals surface area contributed by atoms with E-state index in [2.05, 4.69) is 72.8 Å². The van der Waals surface area contributed by atoms with Crippen LogP contribution in [0.1, 0.15) is 16.7 Å². The molecule has 0 aromatic heterocycles. The zero-order valence-electron chi connectivity index (χ0n) is 14.8. The first-order valence-electron chi connectivity index (χ1n) is 8.57. The highest BCUT2D eigenvalue weighted by Crippen LogP contribution is 2.16. The number of nitrogens with one attached hydrogen (secondary N) is 1. The monoisotopic (exact) mass is 332 g/mol. The normalized spacial score (nSPS) is 11.0. The minimum Gasteiger partial charge on any atom is -0.352 e. The number of nitrogens with zero attached hydrogens (tertiary/aromatic N) is 1. The van der Waals surface area contributed by atoms with Crippen molar-refractivity contribution in [1.82, 2.24) is 10.2 Å². The van der Waals surface area contributed by atoms with E-state index in [1.807, 2.05) is 18.2 Å². The summed E-state index contributed by atoms with van der Waals surface area (Å²) in [6.07, 6.45) is 0.406. The van der Waals surface area contributed by atoms with E-state index in [1.165, 1.54) is 16.3 Å². The molecule has 0 saturated heterocycles. The Morgan fingerprint density at radius 3 is 2.20 bits per heavy atom. The summed E-state index contributed by atoms with van der Waals surface area (Å²) < 4.78 is 0. The van der Waals surface area contributed by atoms with Gasteiger partial charge in [0.15, 0.2) is 0 Å². The smallest absolute Gasteiger partial charge is 0.224 e. The molecule has 3 rings (SSSR count). The van der Waals surface area contributed by atoms with Crippen LogP contribution >= 0.6 is 0 Å². The van der Waals surface area contributed by atoms with E-state index >= 15 is 0 Å². The van der Waals surface area contributed by atoms with Crippen LogP contribution in [0.5, 0.6) is 0 Å². The summed E-state index contributed by atoms with van der Waals surface area (Å²) in [6, 6.07) is 22.8. The van der Waals surface area contributed by atoms with Crippen molar-refractivity contribution in [3.05, 3.63) is 83.4 Å². The molecule has 0 radical (unpaired) electrons. The molecule has 1 amide bonds. The Hall–Kier alpha value is -2.65. The van der Waals surface area contributed by atoms with E-state index in [9.17, 15) is 4.79 Å². The Kier molecular flexibility index (Phi) is 5.46. The Balaban J connectivity index is 1.55. The van der Waals surface area contributed by atoms with Crippen LogP contribution in [0.2, 0.25) is 0 Å². The van der Waals surface area contributed by atoms with Crippen molar-refractivity contribution in [3.8, 4) is 0 Å². The fraction of sp³-hybridized carbons (Fsp3) is 0.227. The van der Waals surface area contributed by atoms with Crippen LogP contribution in [-0.2, 0) is 24.3 Å². The first-order valence-corrected chi connectivity index (χ1v) is 8.57. The van der Waals surface area contributed by atoms with E-state index in [0.717, 1.165) is 17.7 Å². The molecule has 0 fully saturated rings. The zero-order chi connectivity index (χ0) is 17.6. The Morgan fingerprint density at radius 2 is 1.48 bits per heavy atom. The largest absolute Gasteiger partial charge is 0.352 e. The van der Waals surface area contributed by atoms with Crippen LogP contribution in [0.3, 0.4) is 0 Å². The molecule has 0 unspecified atom stereocenters. The quantitative estimate of drug-likeness (QED) is 0.745. The van der Waals surface area contributed by atoms with E-state index in [1.54, 1.807) is 0 Å². The van der Waals surface area contributed by atoms with E-state index < -0.39 is 0 Å². The van der Waals surface area contributed by atoms with Gasteiger partial charge in [0.1, 0.15) is 0 Å². The number of carbonyl (C=O) groups excluding carboxylic acids is 1. The molecule has 25 heavy (non-hydrogen) atoms. The molecule has 0 atom stereocenters. The summed E-state index contributed by atoms with van der Waals surface area (Å²) >= 11 is 0. The summed E-state index contributed by atoms with van der Waals surface area (Å²) in [5, 5.41) is 5.38. The second-order valence-corrected chi connectivity index (χ2v) is 6.69. The lowest BCUT2D eigenvalue weighted by molar-refractivity contribution is -0.120. The van der Waals surface area contributed by atoms with Crippen molar-refractivity contribution < 1.29 is 4.79 Å². The molecule has 128 valence electrons. The van der Waals surface area contributed by atoms with Gasteiger partial charge in [0.05, 0.1) is 6.42 Å². The van der Waals surface area contributed by atoms with Crippen molar-refractivity contribution in [2.75, 3.05) is 14.1 Å². The molecule has 3 aromatic rings. The second kappa shape index (κ2) is 7.95. The molecule has 0 aliphatic carbocycles. The third kappa shape index (κ3) is 4.91. The number of rotatable bonds is 6. The summed E-state index contributed by atoms with van der Waals surface area (Å²) in [4.78, 5) is 14.4. The SMILES string of the molecule is CN(C)Cc1ccc(CNC(=O)Cc2ccc3ccccc3c2)cc1. The molecule has 0 bridgehead atoms. The summed E-state index contributed by atoms with van der Waals surface area (Å²) in [5.74, 6) is 0.0487. The molecular weight excluding hydrogens is 308 g/mol. The van der Waals surface area contributed by atoms with Crippen LogP contribution < -0.4 is 5.32 Å². The van der Waals surface area contributed by atoms with Gasteiger partial charge in [-0.3, -0.25) is 4.79 Å². The molecule has 0 aliphatic heterocycles. The van der Waals surface area contributed by atoms with Crippen molar-refractivity contribution in [1.29, 1.82) is 0 Å². The predicted octanol–water partition coefficient (Wildman–Crippen LogP) is 3.76. The fourth-order valence-corrected chi connectivity index (χ4v) is 2.92. The highest BCUT2D eigenvalue weighted by Gasteiger charge is 2.05. The van der Waals surface area contributed by atoms with Crippen LogP contribution in [-0.4, -0.2) is 24.9 Å². The van der Waals surface area contributed by atoms with Gasteiger partial charge < -0.3 is 10.2 Å². The van der Waals surface area contributed by atoms with Gasteiger partial charge in [0.2, 0.25) is 5.91 Å². The van der Waals surface area contributed by atoms with Crippen LogP contribution in [0.25, 0.3) is 10.8 Å². The number of fused-ring (bicyclic) bond motifs is 1.